The standard InChI is InChI=1S/C18H25N3O4/c1-2-24-18(23)20-9-7-14(8-10-20)19-17(22)13-21-11-12-25-16-6-4-3-5-15(16)21/h3-6,14H,2,7-13H2,1H3,(H,19,22). The van der Waals surface area contributed by atoms with E-state index >= 15 is 0 Å². The van der Waals surface area contributed by atoms with Crippen LogP contribution in [0.2, 0.25) is 0 Å². The van der Waals surface area contributed by atoms with E-state index in [1.54, 1.807) is 11.8 Å². The molecule has 1 saturated heterocycles. The van der Waals surface area contributed by atoms with Crippen LogP contribution >= 0.6 is 0 Å². The topological polar surface area (TPSA) is 71.1 Å². The van der Waals surface area contributed by atoms with E-state index < -0.39 is 0 Å². The summed E-state index contributed by atoms with van der Waals surface area (Å²) >= 11 is 0. The van der Waals surface area contributed by atoms with Crippen molar-refractivity contribution in [1.82, 2.24) is 10.2 Å². The Morgan fingerprint density at radius 2 is 2.00 bits per heavy atom. The first kappa shape index (κ1) is 17.4. The maximum atomic E-state index is 12.4. The number of hydrogen-bond donors (Lipinski definition) is 1. The number of amides is 2. The molecule has 0 saturated carbocycles. The van der Waals surface area contributed by atoms with Gasteiger partial charge in [0.05, 0.1) is 25.4 Å². The molecular weight excluding hydrogens is 322 g/mol. The number of rotatable bonds is 4. The summed E-state index contributed by atoms with van der Waals surface area (Å²) in [5, 5.41) is 3.09. The van der Waals surface area contributed by atoms with Crippen LogP contribution < -0.4 is 15.0 Å². The van der Waals surface area contributed by atoms with Crippen LogP contribution in [0.5, 0.6) is 5.75 Å². The quantitative estimate of drug-likeness (QED) is 0.896. The van der Waals surface area contributed by atoms with Crippen LogP contribution in [0.1, 0.15) is 19.8 Å². The highest BCUT2D eigenvalue weighted by atomic mass is 16.6. The zero-order valence-corrected chi connectivity index (χ0v) is 14.6. The van der Waals surface area contributed by atoms with Gasteiger partial charge >= 0.3 is 6.09 Å². The van der Waals surface area contributed by atoms with Crippen LogP contribution in [0.15, 0.2) is 24.3 Å². The average molecular weight is 347 g/mol. The third-order valence-electron chi connectivity index (χ3n) is 4.55. The smallest absolute Gasteiger partial charge is 0.409 e. The first-order chi connectivity index (χ1) is 12.2. The first-order valence-corrected chi connectivity index (χ1v) is 8.85. The monoisotopic (exact) mass is 347 g/mol. The first-order valence-electron chi connectivity index (χ1n) is 8.85. The molecule has 7 heteroatoms. The van der Waals surface area contributed by atoms with E-state index in [1.807, 2.05) is 29.2 Å². The minimum Gasteiger partial charge on any atom is -0.490 e. The molecule has 0 bridgehead atoms. The van der Waals surface area contributed by atoms with E-state index in [-0.39, 0.29) is 18.0 Å². The van der Waals surface area contributed by atoms with Crippen LogP contribution in [0, 0.1) is 0 Å². The second-order valence-electron chi connectivity index (χ2n) is 6.27. The van der Waals surface area contributed by atoms with Gasteiger partial charge in [0.15, 0.2) is 0 Å². The third-order valence-corrected chi connectivity index (χ3v) is 4.55. The number of para-hydroxylation sites is 2. The molecule has 0 aliphatic carbocycles. The summed E-state index contributed by atoms with van der Waals surface area (Å²) in [5.74, 6) is 0.829. The van der Waals surface area contributed by atoms with Gasteiger partial charge in [0.1, 0.15) is 12.4 Å². The lowest BCUT2D eigenvalue weighted by Crippen LogP contribution is -2.49. The number of carbonyl (C=O) groups is 2. The summed E-state index contributed by atoms with van der Waals surface area (Å²) < 4.78 is 10.6. The number of ether oxygens (including phenoxy) is 2. The van der Waals surface area contributed by atoms with Crippen LogP contribution in [0.4, 0.5) is 10.5 Å². The van der Waals surface area contributed by atoms with Crippen molar-refractivity contribution in [3.63, 3.8) is 0 Å². The third kappa shape index (κ3) is 4.35. The Morgan fingerprint density at radius 1 is 1.24 bits per heavy atom. The maximum absolute atomic E-state index is 12.4. The molecule has 1 aromatic carbocycles. The Kier molecular flexibility index (Phi) is 5.63. The summed E-state index contributed by atoms with van der Waals surface area (Å²) in [6.07, 6.45) is 1.24. The number of anilines is 1. The highest BCUT2D eigenvalue weighted by molar-refractivity contribution is 5.82. The number of carbonyl (C=O) groups excluding carboxylic acids is 2. The predicted octanol–water partition coefficient (Wildman–Crippen LogP) is 1.62. The second kappa shape index (κ2) is 8.09. The average Bonchev–Trinajstić information content (AvgIpc) is 2.63. The van der Waals surface area contributed by atoms with Gasteiger partial charge in [-0.3, -0.25) is 4.79 Å². The molecule has 3 rings (SSSR count). The van der Waals surface area contributed by atoms with Crippen molar-refractivity contribution in [2.75, 3.05) is 44.3 Å². The van der Waals surface area contributed by atoms with Crippen molar-refractivity contribution < 1.29 is 19.1 Å². The highest BCUT2D eigenvalue weighted by Gasteiger charge is 2.26. The summed E-state index contributed by atoms with van der Waals surface area (Å²) in [5.41, 5.74) is 0.959. The van der Waals surface area contributed by atoms with Gasteiger partial charge in [0.2, 0.25) is 5.91 Å². The number of nitrogens with one attached hydrogen (secondary N) is 1. The molecular formula is C18H25N3O4. The molecule has 7 nitrogen and oxygen atoms in total. The van der Waals surface area contributed by atoms with E-state index in [2.05, 4.69) is 5.32 Å². The molecule has 2 amide bonds. The summed E-state index contributed by atoms with van der Waals surface area (Å²) in [7, 11) is 0. The molecule has 2 aliphatic heterocycles. The summed E-state index contributed by atoms with van der Waals surface area (Å²) in [6.45, 7) is 5.02. The molecule has 1 N–H and O–H groups in total. The molecule has 0 atom stereocenters. The van der Waals surface area contributed by atoms with Crippen LogP contribution in [-0.4, -0.2) is 62.3 Å². The number of nitrogens with zero attached hydrogens (tertiary/aromatic N) is 2. The molecule has 1 fully saturated rings. The number of hydrogen-bond acceptors (Lipinski definition) is 5. The molecule has 2 heterocycles. The fraction of sp³-hybridized carbons (Fsp3) is 0.556. The zero-order valence-electron chi connectivity index (χ0n) is 14.6. The van der Waals surface area contributed by atoms with Gasteiger partial charge in [-0.1, -0.05) is 12.1 Å². The maximum Gasteiger partial charge on any atom is 0.409 e. The lowest BCUT2D eigenvalue weighted by atomic mass is 10.1. The molecule has 136 valence electrons. The second-order valence-corrected chi connectivity index (χ2v) is 6.27. The van der Waals surface area contributed by atoms with Crippen LogP contribution in [-0.2, 0) is 9.53 Å². The lowest BCUT2D eigenvalue weighted by molar-refractivity contribution is -0.120. The van der Waals surface area contributed by atoms with E-state index in [4.69, 9.17) is 9.47 Å². The summed E-state index contributed by atoms with van der Waals surface area (Å²) in [6, 6.07) is 7.88. The fourth-order valence-corrected chi connectivity index (χ4v) is 3.26. The molecule has 25 heavy (non-hydrogen) atoms. The lowest BCUT2D eigenvalue weighted by Gasteiger charge is -2.33. The summed E-state index contributed by atoms with van der Waals surface area (Å²) in [4.78, 5) is 27.9. The Hall–Kier alpha value is -2.44. The van der Waals surface area contributed by atoms with Gasteiger partial charge in [-0.15, -0.1) is 0 Å². The number of likely N-dealkylation sites (tertiary alicyclic amines) is 1. The predicted molar refractivity (Wildman–Crippen MR) is 93.9 cm³/mol. The SMILES string of the molecule is CCOC(=O)N1CCC(NC(=O)CN2CCOc3ccccc32)CC1. The Morgan fingerprint density at radius 3 is 2.76 bits per heavy atom. The molecule has 0 unspecified atom stereocenters. The molecule has 0 radical (unpaired) electrons. The molecule has 1 aromatic rings. The van der Waals surface area contributed by atoms with Crippen LogP contribution in [0.3, 0.4) is 0 Å². The minimum atomic E-state index is -0.266. The fourth-order valence-electron chi connectivity index (χ4n) is 3.26. The van der Waals surface area contributed by atoms with Crippen molar-refractivity contribution in [2.45, 2.75) is 25.8 Å². The van der Waals surface area contributed by atoms with Gasteiger partial charge in [0, 0.05) is 19.1 Å². The van der Waals surface area contributed by atoms with Gasteiger partial charge in [-0.2, -0.15) is 0 Å². The molecule has 2 aliphatic rings. The largest absolute Gasteiger partial charge is 0.490 e. The van der Waals surface area contributed by atoms with Crippen molar-refractivity contribution in [2.24, 2.45) is 0 Å². The van der Waals surface area contributed by atoms with Gasteiger partial charge < -0.3 is 24.6 Å². The van der Waals surface area contributed by atoms with Gasteiger partial charge in [0.25, 0.3) is 0 Å². The van der Waals surface area contributed by atoms with E-state index in [1.165, 1.54) is 0 Å². The molecule has 0 aromatic heterocycles. The van der Waals surface area contributed by atoms with Crippen molar-refractivity contribution in [3.05, 3.63) is 24.3 Å². The minimum absolute atomic E-state index is 0.00582. The van der Waals surface area contributed by atoms with Crippen LogP contribution in [0.25, 0.3) is 0 Å². The highest BCUT2D eigenvalue weighted by Crippen LogP contribution is 2.30. The Balaban J connectivity index is 1.47. The van der Waals surface area contributed by atoms with Crippen molar-refractivity contribution >= 4 is 17.7 Å². The zero-order chi connectivity index (χ0) is 17.6. The van der Waals surface area contributed by atoms with E-state index in [9.17, 15) is 9.59 Å². The molecule has 0 spiro atoms. The van der Waals surface area contributed by atoms with Crippen molar-refractivity contribution in [1.29, 1.82) is 0 Å². The van der Waals surface area contributed by atoms with Crippen molar-refractivity contribution in [3.8, 4) is 5.75 Å². The number of fused-ring (bicyclic) bond motifs is 1. The van der Waals surface area contributed by atoms with E-state index in [0.717, 1.165) is 24.3 Å². The Labute approximate surface area is 147 Å². The van der Waals surface area contributed by atoms with Gasteiger partial charge in [-0.25, -0.2) is 4.79 Å². The normalized spacial score (nSPS) is 17.5. The number of benzene rings is 1. The Bertz CT molecular complexity index is 614. The van der Waals surface area contributed by atoms with E-state index in [0.29, 0.717) is 39.4 Å². The number of piperidine rings is 1. The van der Waals surface area contributed by atoms with Gasteiger partial charge in [-0.05, 0) is 31.9 Å².